The number of pyridine rings is 1. The highest BCUT2D eigenvalue weighted by Crippen LogP contribution is 2.57. The number of ether oxygens (including phenoxy) is 1. The first-order valence-electron chi connectivity index (χ1n) is 11.0. The molecule has 0 saturated carbocycles. The topological polar surface area (TPSA) is 88.6 Å². The van der Waals surface area contributed by atoms with Crippen molar-refractivity contribution in [3.63, 3.8) is 0 Å². The number of fused-ring (bicyclic) bond motifs is 3. The molecular weight excluding hydrogens is 418 g/mol. The number of carbonyl (C=O) groups is 3. The molecule has 0 spiro atoms. The molecule has 7 heteroatoms. The number of esters is 1. The molecule has 0 bridgehead atoms. The number of rotatable bonds is 5. The molecule has 5 rings (SSSR count). The number of anilines is 1. The summed E-state index contributed by atoms with van der Waals surface area (Å²) < 4.78 is 5.56. The number of nitrogens with one attached hydrogen (secondary N) is 1. The minimum absolute atomic E-state index is 0.343. The Morgan fingerprint density at radius 2 is 1.73 bits per heavy atom. The lowest BCUT2D eigenvalue weighted by Crippen LogP contribution is -2.57. The number of hydrogen-bond acceptors (Lipinski definition) is 5. The van der Waals surface area contributed by atoms with Crippen LogP contribution < -0.4 is 15.0 Å². The van der Waals surface area contributed by atoms with Gasteiger partial charge in [0.1, 0.15) is 11.7 Å². The zero-order chi connectivity index (χ0) is 23.0. The molecule has 3 aromatic rings. The Morgan fingerprint density at radius 1 is 1.03 bits per heavy atom. The average molecular weight is 441 g/mol. The molecule has 7 nitrogen and oxygen atoms in total. The van der Waals surface area contributed by atoms with E-state index >= 15 is 0 Å². The van der Waals surface area contributed by atoms with Gasteiger partial charge >= 0.3 is 5.97 Å². The maximum absolute atomic E-state index is 14.1. The number of carbonyl (C=O) groups excluding carboxylic acids is 3. The first kappa shape index (κ1) is 20.9. The van der Waals surface area contributed by atoms with Crippen LogP contribution in [0, 0.1) is 5.92 Å². The fourth-order valence-corrected chi connectivity index (χ4v) is 5.05. The molecule has 166 valence electrons. The number of para-hydroxylation sites is 2. The minimum atomic E-state index is -1.50. The van der Waals surface area contributed by atoms with Gasteiger partial charge in [-0.15, -0.1) is 0 Å². The van der Waals surface area contributed by atoms with Crippen LogP contribution in [-0.4, -0.2) is 29.3 Å². The van der Waals surface area contributed by atoms with Gasteiger partial charge in [0.25, 0.3) is 5.91 Å². The number of hydrogen-bond donors (Lipinski definition) is 1. The van der Waals surface area contributed by atoms with Crippen LogP contribution >= 0.6 is 0 Å². The van der Waals surface area contributed by atoms with E-state index < -0.39 is 29.3 Å². The molecule has 1 aromatic heterocycles. The van der Waals surface area contributed by atoms with Crippen molar-refractivity contribution in [3.05, 3.63) is 90.3 Å². The van der Waals surface area contributed by atoms with Crippen LogP contribution in [0.2, 0.25) is 0 Å². The van der Waals surface area contributed by atoms with E-state index in [0.29, 0.717) is 29.1 Å². The van der Waals surface area contributed by atoms with Crippen LogP contribution in [0.1, 0.15) is 30.4 Å². The summed E-state index contributed by atoms with van der Waals surface area (Å²) in [6, 6.07) is 19.6. The fraction of sp³-hybridized carbons (Fsp3) is 0.231. The Kier molecular flexibility index (Phi) is 5.17. The second-order valence-electron chi connectivity index (χ2n) is 8.18. The monoisotopic (exact) mass is 441 g/mol. The molecule has 0 radical (unpaired) electrons. The maximum Gasteiger partial charge on any atom is 0.324 e. The van der Waals surface area contributed by atoms with Crippen LogP contribution in [0.4, 0.5) is 5.69 Å². The molecule has 2 aromatic carbocycles. The van der Waals surface area contributed by atoms with E-state index in [9.17, 15) is 14.4 Å². The molecule has 1 fully saturated rings. The highest BCUT2D eigenvalue weighted by molar-refractivity contribution is 6.17. The van der Waals surface area contributed by atoms with Crippen molar-refractivity contribution in [2.75, 3.05) is 11.4 Å². The first-order valence-corrected chi connectivity index (χ1v) is 11.0. The lowest BCUT2D eigenvalue weighted by Gasteiger charge is -2.42. The van der Waals surface area contributed by atoms with Gasteiger partial charge in [0.05, 0.1) is 0 Å². The Labute approximate surface area is 191 Å². The van der Waals surface area contributed by atoms with E-state index in [1.165, 1.54) is 4.90 Å². The molecule has 0 unspecified atom stereocenters. The van der Waals surface area contributed by atoms with Gasteiger partial charge in [-0.25, -0.2) is 0 Å². The summed E-state index contributed by atoms with van der Waals surface area (Å²) in [6.45, 7) is 2.40. The van der Waals surface area contributed by atoms with Crippen LogP contribution in [0.5, 0.6) is 5.75 Å². The Hall–Kier alpha value is -4.00. The molecular formula is C26H23N3O4. The third kappa shape index (κ3) is 3.03. The first-order chi connectivity index (χ1) is 16.1. The van der Waals surface area contributed by atoms with Gasteiger partial charge < -0.3 is 10.1 Å². The molecule has 33 heavy (non-hydrogen) atoms. The summed E-state index contributed by atoms with van der Waals surface area (Å²) in [5.41, 5.74) is 0.264. The van der Waals surface area contributed by atoms with Crippen LogP contribution in [0.3, 0.4) is 0 Å². The van der Waals surface area contributed by atoms with E-state index in [1.807, 2.05) is 25.1 Å². The molecule has 2 aliphatic heterocycles. The van der Waals surface area contributed by atoms with Crippen molar-refractivity contribution in [2.24, 2.45) is 5.92 Å². The summed E-state index contributed by atoms with van der Waals surface area (Å²) in [5.74, 6) is -3.02. The third-order valence-electron chi connectivity index (χ3n) is 6.36. The molecule has 0 aliphatic carbocycles. The van der Waals surface area contributed by atoms with E-state index in [-0.39, 0.29) is 5.91 Å². The number of nitrogens with zero attached hydrogens (tertiary/aromatic N) is 2. The second-order valence-corrected chi connectivity index (χ2v) is 8.18. The predicted octanol–water partition coefficient (Wildman–Crippen LogP) is 3.17. The van der Waals surface area contributed by atoms with Gasteiger partial charge in [0.2, 0.25) is 5.91 Å². The third-order valence-corrected chi connectivity index (χ3v) is 6.36. The average Bonchev–Trinajstić information content (AvgIpc) is 3.14. The molecule has 2 aliphatic rings. The normalized spacial score (nSPS) is 23.5. The highest BCUT2D eigenvalue weighted by atomic mass is 16.5. The van der Waals surface area contributed by atoms with Gasteiger partial charge in [0.15, 0.2) is 5.54 Å². The van der Waals surface area contributed by atoms with Gasteiger partial charge in [-0.3, -0.25) is 24.3 Å². The molecule has 1 N–H and O–H groups in total. The Morgan fingerprint density at radius 3 is 2.45 bits per heavy atom. The van der Waals surface area contributed by atoms with Crippen molar-refractivity contribution in [2.45, 2.75) is 24.8 Å². The van der Waals surface area contributed by atoms with E-state index in [2.05, 4.69) is 10.3 Å². The molecule has 3 atom stereocenters. The standard InChI is InChI=1S/C26H23N3O4/c1-2-14-28-25(32)26(17-12-15-27-16-13-17)22-19-10-6-7-11-20(19)33-24(31)21(22)23(30)29(26)18-8-4-3-5-9-18/h3-13,15-16,21-22H,2,14H2,1H3,(H,28,32)/t21-,22-,26-/m1/s1. The Balaban J connectivity index is 1.86. The molecule has 1 saturated heterocycles. The molecule has 2 amide bonds. The van der Waals surface area contributed by atoms with E-state index in [4.69, 9.17) is 4.74 Å². The summed E-state index contributed by atoms with van der Waals surface area (Å²) >= 11 is 0. The Bertz CT molecular complexity index is 1210. The highest BCUT2D eigenvalue weighted by Gasteiger charge is 2.68. The minimum Gasteiger partial charge on any atom is -0.426 e. The van der Waals surface area contributed by atoms with Gasteiger partial charge in [-0.2, -0.15) is 0 Å². The van der Waals surface area contributed by atoms with Crippen molar-refractivity contribution < 1.29 is 19.1 Å². The number of aromatic nitrogens is 1. The number of benzene rings is 2. The zero-order valence-corrected chi connectivity index (χ0v) is 18.1. The van der Waals surface area contributed by atoms with Crippen LogP contribution in [0.15, 0.2) is 79.1 Å². The van der Waals surface area contributed by atoms with E-state index in [0.717, 1.165) is 6.42 Å². The maximum atomic E-state index is 14.1. The summed E-state index contributed by atoms with van der Waals surface area (Å²) in [6.07, 6.45) is 3.92. The number of amides is 2. The van der Waals surface area contributed by atoms with Gasteiger partial charge in [0, 0.05) is 36.1 Å². The van der Waals surface area contributed by atoms with Crippen molar-refractivity contribution in [3.8, 4) is 5.75 Å². The second kappa shape index (κ2) is 8.16. The molecule has 3 heterocycles. The quantitative estimate of drug-likeness (QED) is 0.373. The van der Waals surface area contributed by atoms with Gasteiger partial charge in [-0.05, 0) is 42.3 Å². The SMILES string of the molecule is CCCNC(=O)[C@@]1(c2ccncc2)[C@@H]2c3ccccc3OC(=O)[C@H]2C(=O)N1c1ccccc1. The van der Waals surface area contributed by atoms with Crippen LogP contribution in [0.25, 0.3) is 0 Å². The fourth-order valence-electron chi connectivity index (χ4n) is 5.05. The van der Waals surface area contributed by atoms with Crippen molar-refractivity contribution >= 4 is 23.5 Å². The van der Waals surface area contributed by atoms with Gasteiger partial charge in [-0.1, -0.05) is 43.3 Å². The lowest BCUT2D eigenvalue weighted by molar-refractivity contribution is -0.144. The summed E-state index contributed by atoms with van der Waals surface area (Å²) in [4.78, 5) is 46.9. The zero-order valence-electron chi connectivity index (χ0n) is 18.1. The van der Waals surface area contributed by atoms with E-state index in [1.54, 1.807) is 60.9 Å². The lowest BCUT2D eigenvalue weighted by atomic mass is 9.69. The summed E-state index contributed by atoms with van der Waals surface area (Å²) in [5, 5.41) is 3.01. The van der Waals surface area contributed by atoms with Crippen LogP contribution in [-0.2, 0) is 19.9 Å². The predicted molar refractivity (Wildman–Crippen MR) is 121 cm³/mol. The summed E-state index contributed by atoms with van der Waals surface area (Å²) in [7, 11) is 0. The largest absolute Gasteiger partial charge is 0.426 e. The van der Waals surface area contributed by atoms with Crippen molar-refractivity contribution in [1.82, 2.24) is 10.3 Å². The van der Waals surface area contributed by atoms with Crippen molar-refractivity contribution in [1.29, 1.82) is 0 Å². The smallest absolute Gasteiger partial charge is 0.324 e.